The zero-order valence-corrected chi connectivity index (χ0v) is 25.7. The highest BCUT2D eigenvalue weighted by molar-refractivity contribution is 9.12. The third-order valence-corrected chi connectivity index (χ3v) is 11.4. The predicted molar refractivity (Wildman–Crippen MR) is 182 cm³/mol. The van der Waals surface area contributed by atoms with Crippen LogP contribution in [0.4, 0.5) is 0 Å². The van der Waals surface area contributed by atoms with Crippen molar-refractivity contribution in [2.24, 2.45) is 5.92 Å². The Morgan fingerprint density at radius 1 is 0.714 bits per heavy atom. The normalized spacial score (nSPS) is 21.4. The summed E-state index contributed by atoms with van der Waals surface area (Å²) in [5.74, 6) is 0.297. The smallest absolute Gasteiger partial charge is 0.0752 e. The van der Waals surface area contributed by atoms with E-state index in [1.165, 1.54) is 81.7 Å². The SMILES string of the molecule is BrC1=CC2=C(c3c(cc(Br)c4ccccc34)C23c2ccccc2-n2c4ccccc4c4cccc3c42)C2CC=CC=C12. The van der Waals surface area contributed by atoms with Gasteiger partial charge in [-0.1, -0.05) is 129 Å². The van der Waals surface area contributed by atoms with Gasteiger partial charge in [0.05, 0.1) is 22.1 Å². The number of fused-ring (bicyclic) bond motifs is 15. The first kappa shape index (κ1) is 23.6. The number of allylic oxidation sites excluding steroid dienone is 8. The lowest BCUT2D eigenvalue weighted by molar-refractivity contribution is 0.728. The molecule has 198 valence electrons. The molecule has 0 fully saturated rings. The number of benzene rings is 5. The lowest BCUT2D eigenvalue weighted by Gasteiger charge is -2.41. The molecule has 0 radical (unpaired) electrons. The van der Waals surface area contributed by atoms with E-state index in [-0.39, 0.29) is 0 Å². The van der Waals surface area contributed by atoms with Gasteiger partial charge in [0.2, 0.25) is 0 Å². The van der Waals surface area contributed by atoms with E-state index in [0.717, 1.165) is 10.9 Å². The van der Waals surface area contributed by atoms with Gasteiger partial charge in [-0.05, 0) is 80.4 Å². The number of rotatable bonds is 0. The summed E-state index contributed by atoms with van der Waals surface area (Å²) in [4.78, 5) is 0. The second-order valence-electron chi connectivity index (χ2n) is 11.8. The fourth-order valence-corrected chi connectivity index (χ4v) is 9.80. The van der Waals surface area contributed by atoms with Crippen LogP contribution in [0.25, 0.3) is 43.8 Å². The third-order valence-electron chi connectivity index (χ3n) is 10.1. The maximum atomic E-state index is 4.07. The monoisotopic (exact) mass is 663 g/mol. The first-order valence-corrected chi connectivity index (χ1v) is 16.1. The van der Waals surface area contributed by atoms with Gasteiger partial charge in [0.25, 0.3) is 0 Å². The van der Waals surface area contributed by atoms with Crippen molar-refractivity contribution in [1.29, 1.82) is 0 Å². The molecule has 10 rings (SSSR count). The van der Waals surface area contributed by atoms with Crippen molar-refractivity contribution >= 4 is 70.0 Å². The maximum Gasteiger partial charge on any atom is 0.0752 e. The van der Waals surface area contributed by atoms with Crippen LogP contribution in [-0.2, 0) is 5.41 Å². The first-order chi connectivity index (χ1) is 20.7. The quantitative estimate of drug-likeness (QED) is 0.152. The Labute approximate surface area is 260 Å². The van der Waals surface area contributed by atoms with Crippen molar-refractivity contribution in [3.05, 3.63) is 164 Å². The molecule has 3 aliphatic carbocycles. The summed E-state index contributed by atoms with van der Waals surface area (Å²) >= 11 is 8.12. The zero-order valence-electron chi connectivity index (χ0n) is 22.5. The summed E-state index contributed by atoms with van der Waals surface area (Å²) in [6, 6.07) is 36.3. The van der Waals surface area contributed by atoms with Crippen LogP contribution in [0.3, 0.4) is 0 Å². The molecule has 2 atom stereocenters. The molecule has 4 aliphatic rings. The van der Waals surface area contributed by atoms with Crippen LogP contribution in [-0.4, -0.2) is 4.57 Å². The van der Waals surface area contributed by atoms with Gasteiger partial charge in [-0.25, -0.2) is 0 Å². The maximum absolute atomic E-state index is 4.07. The van der Waals surface area contributed by atoms with Gasteiger partial charge in [0.15, 0.2) is 0 Å². The van der Waals surface area contributed by atoms with Crippen LogP contribution >= 0.6 is 31.9 Å². The van der Waals surface area contributed by atoms with Gasteiger partial charge < -0.3 is 4.57 Å². The molecular formula is C39H23Br2N. The van der Waals surface area contributed by atoms with Gasteiger partial charge in [0.1, 0.15) is 0 Å². The number of para-hydroxylation sites is 3. The summed E-state index contributed by atoms with van der Waals surface area (Å²) in [7, 11) is 0. The molecule has 0 saturated carbocycles. The van der Waals surface area contributed by atoms with Crippen molar-refractivity contribution < 1.29 is 0 Å². The second-order valence-corrected chi connectivity index (χ2v) is 13.5. The van der Waals surface area contributed by atoms with Crippen molar-refractivity contribution in [1.82, 2.24) is 4.57 Å². The number of aromatic nitrogens is 1. The van der Waals surface area contributed by atoms with Gasteiger partial charge in [0, 0.05) is 25.6 Å². The first-order valence-electron chi connectivity index (χ1n) is 14.5. The Morgan fingerprint density at radius 3 is 2.36 bits per heavy atom. The molecule has 0 bridgehead atoms. The Bertz CT molecular complexity index is 2360. The predicted octanol–water partition coefficient (Wildman–Crippen LogP) is 10.9. The molecule has 42 heavy (non-hydrogen) atoms. The molecule has 0 N–H and O–H groups in total. The van der Waals surface area contributed by atoms with Gasteiger partial charge in [-0.3, -0.25) is 0 Å². The van der Waals surface area contributed by atoms with Crippen LogP contribution in [0.5, 0.6) is 0 Å². The van der Waals surface area contributed by atoms with E-state index in [9.17, 15) is 0 Å². The molecule has 1 aliphatic heterocycles. The molecule has 1 spiro atoms. The van der Waals surface area contributed by atoms with Crippen LogP contribution in [0, 0.1) is 5.92 Å². The third kappa shape index (κ3) is 2.62. The molecule has 5 aromatic carbocycles. The Morgan fingerprint density at radius 2 is 1.45 bits per heavy atom. The Kier molecular flexibility index (Phi) is 4.57. The molecule has 1 nitrogen and oxygen atoms in total. The topological polar surface area (TPSA) is 4.93 Å². The van der Waals surface area contributed by atoms with Crippen molar-refractivity contribution in [2.45, 2.75) is 11.8 Å². The standard InChI is InChI=1S/C39H23Br2N/c40-32-20-30-36(25-13-3-1-10-22(25)32)37-26-14-4-2-11-23(26)33(41)21-31(37)39(30)28-16-6-8-19-35(28)42-34-18-7-5-12-24(34)27-15-9-17-29(39)38(27)42/h1-13,15-21,26H,14H2. The van der Waals surface area contributed by atoms with Crippen LogP contribution < -0.4 is 0 Å². The molecule has 2 heterocycles. The van der Waals surface area contributed by atoms with Gasteiger partial charge in [-0.2, -0.15) is 0 Å². The summed E-state index contributed by atoms with van der Waals surface area (Å²) in [5.41, 5.74) is 13.1. The molecule has 3 heteroatoms. The minimum atomic E-state index is -0.455. The highest BCUT2D eigenvalue weighted by Crippen LogP contribution is 2.65. The largest absolute Gasteiger partial charge is 0.309 e. The minimum absolute atomic E-state index is 0.297. The fraction of sp³-hybridized carbons (Fsp3) is 0.0769. The van der Waals surface area contributed by atoms with E-state index in [1.807, 2.05) is 0 Å². The van der Waals surface area contributed by atoms with E-state index >= 15 is 0 Å². The van der Waals surface area contributed by atoms with Gasteiger partial charge >= 0.3 is 0 Å². The molecule has 0 saturated heterocycles. The summed E-state index contributed by atoms with van der Waals surface area (Å²) < 4.78 is 4.86. The minimum Gasteiger partial charge on any atom is -0.309 e. The van der Waals surface area contributed by atoms with E-state index in [4.69, 9.17) is 0 Å². The zero-order chi connectivity index (χ0) is 27.7. The average Bonchev–Trinajstić information content (AvgIpc) is 3.52. The summed E-state index contributed by atoms with van der Waals surface area (Å²) in [5, 5.41) is 5.20. The van der Waals surface area contributed by atoms with Crippen molar-refractivity contribution in [2.75, 3.05) is 0 Å². The average molecular weight is 665 g/mol. The molecule has 1 aromatic heterocycles. The van der Waals surface area contributed by atoms with Crippen LogP contribution in [0.1, 0.15) is 28.7 Å². The Balaban J connectivity index is 1.49. The summed E-state index contributed by atoms with van der Waals surface area (Å²) in [6.45, 7) is 0. The van der Waals surface area contributed by atoms with Crippen LogP contribution in [0.2, 0.25) is 0 Å². The van der Waals surface area contributed by atoms with Crippen molar-refractivity contribution in [3.63, 3.8) is 0 Å². The fourth-order valence-electron chi connectivity index (χ4n) is 8.59. The number of nitrogens with zero attached hydrogens (tertiary/aromatic N) is 1. The van der Waals surface area contributed by atoms with Gasteiger partial charge in [-0.15, -0.1) is 0 Å². The molecule has 6 aromatic rings. The lowest BCUT2D eigenvalue weighted by Crippen LogP contribution is -2.34. The number of hydrogen-bond acceptors (Lipinski definition) is 0. The number of halogens is 2. The highest BCUT2D eigenvalue weighted by atomic mass is 79.9. The molecular weight excluding hydrogens is 642 g/mol. The molecule has 2 unspecified atom stereocenters. The lowest BCUT2D eigenvalue weighted by atomic mass is 9.63. The summed E-state index contributed by atoms with van der Waals surface area (Å²) in [6.07, 6.45) is 10.3. The Hall–Kier alpha value is -3.92. The van der Waals surface area contributed by atoms with Crippen molar-refractivity contribution in [3.8, 4) is 5.69 Å². The van der Waals surface area contributed by atoms with E-state index in [2.05, 4.69) is 158 Å². The van der Waals surface area contributed by atoms with E-state index in [1.54, 1.807) is 0 Å². The van der Waals surface area contributed by atoms with Crippen LogP contribution in [0.15, 0.2) is 141 Å². The van der Waals surface area contributed by atoms with E-state index < -0.39 is 5.41 Å². The highest BCUT2D eigenvalue weighted by Gasteiger charge is 2.54. The van der Waals surface area contributed by atoms with E-state index in [0.29, 0.717) is 5.92 Å². The molecule has 0 amide bonds. The number of hydrogen-bond donors (Lipinski definition) is 0. The second kappa shape index (κ2) is 8.12.